The van der Waals surface area contributed by atoms with Gasteiger partial charge in [-0.15, -0.1) is 0 Å². The largest absolute Gasteiger partial charge is 0.330 e. The normalized spacial score (nSPS) is 15.9. The van der Waals surface area contributed by atoms with Crippen LogP contribution in [0.2, 0.25) is 0 Å². The predicted octanol–water partition coefficient (Wildman–Crippen LogP) is 1.43. The molecule has 1 aliphatic carbocycles. The molecule has 3 N–H and O–H groups in total. The maximum atomic E-state index is 5.73. The van der Waals surface area contributed by atoms with E-state index in [0.717, 1.165) is 6.42 Å². The van der Waals surface area contributed by atoms with Crippen LogP contribution in [-0.4, -0.2) is 16.7 Å². The number of aromatic amines is 1. The Morgan fingerprint density at radius 3 is 2.93 bits per heavy atom. The van der Waals surface area contributed by atoms with Gasteiger partial charge in [0.2, 0.25) is 0 Å². The number of nitrogens with two attached hydrogens (primary N) is 1. The van der Waals surface area contributed by atoms with Gasteiger partial charge in [-0.3, -0.25) is 5.10 Å². The first-order valence-electron chi connectivity index (χ1n) is 5.37. The second kappa shape index (κ2) is 3.39. The summed E-state index contributed by atoms with van der Waals surface area (Å²) in [6.45, 7) is 5.11. The Balaban J connectivity index is 2.18. The molecule has 2 rings (SSSR count). The molecule has 0 bridgehead atoms. The molecule has 0 saturated heterocycles. The van der Waals surface area contributed by atoms with Crippen LogP contribution in [0, 0.1) is 5.41 Å². The Bertz CT molecular complexity index is 325. The average molecular weight is 193 g/mol. The van der Waals surface area contributed by atoms with Crippen molar-refractivity contribution in [1.29, 1.82) is 0 Å². The van der Waals surface area contributed by atoms with Gasteiger partial charge < -0.3 is 5.73 Å². The topological polar surface area (TPSA) is 54.7 Å². The maximum Gasteiger partial charge on any atom is 0.0662 e. The number of hydrogen-bond donors (Lipinski definition) is 2. The van der Waals surface area contributed by atoms with Crippen molar-refractivity contribution >= 4 is 0 Å². The first kappa shape index (κ1) is 9.71. The minimum atomic E-state index is 0.172. The van der Waals surface area contributed by atoms with Crippen LogP contribution < -0.4 is 5.73 Å². The van der Waals surface area contributed by atoms with Crippen molar-refractivity contribution in [2.75, 3.05) is 6.54 Å². The quantitative estimate of drug-likeness (QED) is 0.763. The third-order valence-corrected chi connectivity index (χ3v) is 3.09. The molecule has 1 aromatic rings. The number of nitrogens with one attached hydrogen (secondary N) is 1. The predicted molar refractivity (Wildman–Crippen MR) is 57.2 cm³/mol. The lowest BCUT2D eigenvalue weighted by Crippen LogP contribution is -2.26. The van der Waals surface area contributed by atoms with Crippen LogP contribution in [0.5, 0.6) is 0 Å². The van der Waals surface area contributed by atoms with Crippen molar-refractivity contribution in [2.45, 2.75) is 39.5 Å². The van der Waals surface area contributed by atoms with Crippen LogP contribution in [0.1, 0.15) is 37.2 Å². The van der Waals surface area contributed by atoms with E-state index in [9.17, 15) is 0 Å². The summed E-state index contributed by atoms with van der Waals surface area (Å²) in [5.41, 5.74) is 9.96. The van der Waals surface area contributed by atoms with Crippen molar-refractivity contribution in [2.24, 2.45) is 11.1 Å². The number of nitrogens with zero attached hydrogens (tertiary/aromatic N) is 1. The molecule has 0 fully saturated rings. The van der Waals surface area contributed by atoms with Gasteiger partial charge in [0.1, 0.15) is 0 Å². The van der Waals surface area contributed by atoms with Gasteiger partial charge in [-0.2, -0.15) is 5.10 Å². The molecule has 1 heterocycles. The smallest absolute Gasteiger partial charge is 0.0662 e. The lowest BCUT2D eigenvalue weighted by atomic mass is 9.87. The fourth-order valence-corrected chi connectivity index (χ4v) is 2.06. The van der Waals surface area contributed by atoms with Gasteiger partial charge in [-0.1, -0.05) is 13.8 Å². The summed E-state index contributed by atoms with van der Waals surface area (Å²) in [7, 11) is 0. The third-order valence-electron chi connectivity index (χ3n) is 3.09. The highest BCUT2D eigenvalue weighted by Crippen LogP contribution is 2.27. The monoisotopic (exact) mass is 193 g/mol. The first-order valence-corrected chi connectivity index (χ1v) is 5.37. The van der Waals surface area contributed by atoms with Gasteiger partial charge in [0.05, 0.1) is 5.69 Å². The Labute approximate surface area is 85.1 Å². The zero-order chi connectivity index (χ0) is 10.2. The summed E-state index contributed by atoms with van der Waals surface area (Å²) >= 11 is 0. The van der Waals surface area contributed by atoms with E-state index >= 15 is 0 Å². The second-order valence-corrected chi connectivity index (χ2v) is 5.03. The third kappa shape index (κ3) is 1.69. The minimum absolute atomic E-state index is 0.172. The highest BCUT2D eigenvalue weighted by atomic mass is 15.1. The first-order chi connectivity index (χ1) is 6.62. The van der Waals surface area contributed by atoms with Gasteiger partial charge in [-0.25, -0.2) is 0 Å². The minimum Gasteiger partial charge on any atom is -0.330 e. The van der Waals surface area contributed by atoms with Crippen LogP contribution in [0.3, 0.4) is 0 Å². The molecule has 78 valence electrons. The van der Waals surface area contributed by atoms with Crippen molar-refractivity contribution < 1.29 is 0 Å². The van der Waals surface area contributed by atoms with E-state index in [1.165, 1.54) is 36.2 Å². The van der Waals surface area contributed by atoms with Crippen LogP contribution >= 0.6 is 0 Å². The molecule has 3 nitrogen and oxygen atoms in total. The summed E-state index contributed by atoms with van der Waals surface area (Å²) in [5, 5.41) is 7.53. The molecule has 3 heteroatoms. The molecule has 0 spiro atoms. The molecule has 0 amide bonds. The van der Waals surface area contributed by atoms with Crippen molar-refractivity contribution in [1.82, 2.24) is 10.2 Å². The van der Waals surface area contributed by atoms with Gasteiger partial charge >= 0.3 is 0 Å². The molecule has 0 radical (unpaired) electrons. The van der Waals surface area contributed by atoms with Gasteiger partial charge in [0.25, 0.3) is 0 Å². The van der Waals surface area contributed by atoms with Crippen LogP contribution in [0.4, 0.5) is 0 Å². The van der Waals surface area contributed by atoms with E-state index in [0.29, 0.717) is 6.54 Å². The number of rotatable bonds is 3. The van der Waals surface area contributed by atoms with Crippen LogP contribution in [0.25, 0.3) is 0 Å². The van der Waals surface area contributed by atoms with E-state index in [1.54, 1.807) is 0 Å². The SMILES string of the molecule is CC(C)(CN)Cc1n[nH]c2c1CCC2. The molecule has 14 heavy (non-hydrogen) atoms. The van der Waals surface area contributed by atoms with Crippen LogP contribution in [-0.2, 0) is 19.3 Å². The molecule has 1 aliphatic rings. The van der Waals surface area contributed by atoms with E-state index in [2.05, 4.69) is 24.0 Å². The Hall–Kier alpha value is -0.830. The molecule has 0 saturated carbocycles. The summed E-state index contributed by atoms with van der Waals surface area (Å²) in [5.74, 6) is 0. The molecular formula is C11H19N3. The van der Waals surface area contributed by atoms with E-state index in [1.807, 2.05) is 0 Å². The fourth-order valence-electron chi connectivity index (χ4n) is 2.06. The molecule has 0 aromatic carbocycles. The molecule has 0 atom stereocenters. The van der Waals surface area contributed by atoms with Crippen LogP contribution in [0.15, 0.2) is 0 Å². The Kier molecular flexibility index (Phi) is 2.35. The second-order valence-electron chi connectivity index (χ2n) is 5.03. The van der Waals surface area contributed by atoms with Gasteiger partial charge in [0.15, 0.2) is 0 Å². The maximum absolute atomic E-state index is 5.73. The highest BCUT2D eigenvalue weighted by Gasteiger charge is 2.24. The summed E-state index contributed by atoms with van der Waals surface area (Å²) in [6, 6.07) is 0. The van der Waals surface area contributed by atoms with Crippen molar-refractivity contribution in [3.05, 3.63) is 17.0 Å². The fraction of sp³-hybridized carbons (Fsp3) is 0.727. The highest BCUT2D eigenvalue weighted by molar-refractivity contribution is 5.30. The Morgan fingerprint density at radius 2 is 2.21 bits per heavy atom. The average Bonchev–Trinajstić information content (AvgIpc) is 2.70. The number of hydrogen-bond acceptors (Lipinski definition) is 2. The summed E-state index contributed by atoms with van der Waals surface area (Å²) < 4.78 is 0. The number of H-pyrrole nitrogens is 1. The molecule has 0 unspecified atom stereocenters. The van der Waals surface area contributed by atoms with E-state index in [-0.39, 0.29) is 5.41 Å². The molecule has 0 aliphatic heterocycles. The lowest BCUT2D eigenvalue weighted by molar-refractivity contribution is 0.371. The van der Waals surface area contributed by atoms with Gasteiger partial charge in [-0.05, 0) is 43.2 Å². The van der Waals surface area contributed by atoms with E-state index < -0.39 is 0 Å². The number of fused-ring (bicyclic) bond motifs is 1. The summed E-state index contributed by atoms with van der Waals surface area (Å²) in [6.07, 6.45) is 4.64. The van der Waals surface area contributed by atoms with E-state index in [4.69, 9.17) is 5.73 Å². The standard InChI is InChI=1S/C11H19N3/c1-11(2,7-12)6-10-8-4-3-5-9(8)13-14-10/h3-7,12H2,1-2H3,(H,13,14). The number of aromatic nitrogens is 2. The van der Waals surface area contributed by atoms with Gasteiger partial charge in [0, 0.05) is 5.69 Å². The van der Waals surface area contributed by atoms with Crippen molar-refractivity contribution in [3.8, 4) is 0 Å². The zero-order valence-corrected chi connectivity index (χ0v) is 9.06. The summed E-state index contributed by atoms with van der Waals surface area (Å²) in [4.78, 5) is 0. The number of aryl methyl sites for hydroxylation is 1. The lowest BCUT2D eigenvalue weighted by Gasteiger charge is -2.21. The van der Waals surface area contributed by atoms with Crippen molar-refractivity contribution in [3.63, 3.8) is 0 Å². The molecular weight excluding hydrogens is 174 g/mol. The zero-order valence-electron chi connectivity index (χ0n) is 9.06. The Morgan fingerprint density at radius 1 is 1.43 bits per heavy atom. The molecule has 1 aromatic heterocycles.